The van der Waals surface area contributed by atoms with Gasteiger partial charge in [-0.1, -0.05) is 26.2 Å². The van der Waals surface area contributed by atoms with Crippen LogP contribution in [0.2, 0.25) is 0 Å². The number of rotatable bonds is 7. The lowest BCUT2D eigenvalue weighted by molar-refractivity contribution is -0.146. The Labute approximate surface area is 97.5 Å². The summed E-state index contributed by atoms with van der Waals surface area (Å²) >= 11 is 0. The molecule has 1 aliphatic carbocycles. The lowest BCUT2D eigenvalue weighted by Crippen LogP contribution is -2.10. The van der Waals surface area contributed by atoms with Gasteiger partial charge in [0.1, 0.15) is 5.78 Å². The van der Waals surface area contributed by atoms with Crippen molar-refractivity contribution in [3.63, 3.8) is 0 Å². The van der Waals surface area contributed by atoms with Crippen molar-refractivity contribution in [1.82, 2.24) is 0 Å². The fourth-order valence-electron chi connectivity index (χ4n) is 2.48. The summed E-state index contributed by atoms with van der Waals surface area (Å²) in [5.74, 6) is 0.0112. The monoisotopic (exact) mass is 226 g/mol. The number of hydrogen-bond donors (Lipinski definition) is 0. The molecule has 1 aliphatic rings. The highest BCUT2D eigenvalue weighted by Crippen LogP contribution is 2.50. The molecule has 3 nitrogen and oxygen atoms in total. The normalized spacial score (nSPS) is 27.6. The second-order valence-corrected chi connectivity index (χ2v) is 4.57. The minimum atomic E-state index is -0.177. The molecule has 0 saturated heterocycles. The zero-order valence-corrected chi connectivity index (χ0v) is 10.5. The average molecular weight is 226 g/mol. The molecule has 0 unspecified atom stereocenters. The number of Topliss-reactive ketones (excluding diaryl/α,β-unsaturated/α-hetero) is 1. The summed E-state index contributed by atoms with van der Waals surface area (Å²) in [6, 6.07) is 0. The molecule has 0 aromatic heterocycles. The topological polar surface area (TPSA) is 43.4 Å². The van der Waals surface area contributed by atoms with Gasteiger partial charge >= 0.3 is 5.97 Å². The predicted octanol–water partition coefficient (Wildman–Crippen LogP) is 2.58. The van der Waals surface area contributed by atoms with Crippen molar-refractivity contribution in [2.45, 2.75) is 46.5 Å². The maximum Gasteiger partial charge on any atom is 0.309 e. The fourth-order valence-corrected chi connectivity index (χ4v) is 2.48. The summed E-state index contributed by atoms with van der Waals surface area (Å²) in [4.78, 5) is 22.9. The molecule has 3 heteroatoms. The van der Waals surface area contributed by atoms with Crippen molar-refractivity contribution < 1.29 is 14.3 Å². The molecular formula is C13H22O3. The molecule has 16 heavy (non-hydrogen) atoms. The highest BCUT2D eigenvalue weighted by atomic mass is 16.5. The molecule has 0 spiro atoms. The minimum Gasteiger partial charge on any atom is -0.466 e. The molecule has 1 fully saturated rings. The van der Waals surface area contributed by atoms with Gasteiger partial charge < -0.3 is 4.74 Å². The van der Waals surface area contributed by atoms with Crippen LogP contribution in [-0.2, 0) is 14.3 Å². The van der Waals surface area contributed by atoms with Gasteiger partial charge in [0.05, 0.1) is 12.5 Å². The molecule has 0 aliphatic heterocycles. The molecule has 0 N–H and O–H groups in total. The third-order valence-corrected chi connectivity index (χ3v) is 3.34. The molecule has 1 saturated carbocycles. The van der Waals surface area contributed by atoms with Gasteiger partial charge in [0.25, 0.3) is 0 Å². The maximum atomic E-state index is 11.6. The van der Waals surface area contributed by atoms with Crippen LogP contribution in [0.5, 0.6) is 0 Å². The number of hydrogen-bond acceptors (Lipinski definition) is 3. The van der Waals surface area contributed by atoms with Gasteiger partial charge in [-0.3, -0.25) is 9.59 Å². The van der Waals surface area contributed by atoms with Crippen molar-refractivity contribution in [2.24, 2.45) is 17.8 Å². The highest BCUT2D eigenvalue weighted by Gasteiger charge is 2.57. The standard InChI is InChI=1S/C13H22O3/c1-4-6-7-8-10-11(9(3)14)12(10)13(15)16-5-2/h10-12H,4-8H2,1-3H3/t10-,11-,12+/m0/s1. The first-order valence-corrected chi connectivity index (χ1v) is 6.30. The molecular weight excluding hydrogens is 204 g/mol. The Hall–Kier alpha value is -0.860. The smallest absolute Gasteiger partial charge is 0.309 e. The van der Waals surface area contributed by atoms with Crippen LogP contribution < -0.4 is 0 Å². The molecule has 0 aromatic carbocycles. The van der Waals surface area contributed by atoms with Crippen molar-refractivity contribution in [3.05, 3.63) is 0 Å². The van der Waals surface area contributed by atoms with Crippen molar-refractivity contribution in [1.29, 1.82) is 0 Å². The van der Waals surface area contributed by atoms with E-state index in [2.05, 4.69) is 6.92 Å². The van der Waals surface area contributed by atoms with Crippen LogP contribution in [0.15, 0.2) is 0 Å². The van der Waals surface area contributed by atoms with E-state index in [1.54, 1.807) is 13.8 Å². The third-order valence-electron chi connectivity index (χ3n) is 3.34. The lowest BCUT2D eigenvalue weighted by atomic mass is 10.1. The molecule has 1 rings (SSSR count). The first-order valence-electron chi connectivity index (χ1n) is 6.30. The van der Waals surface area contributed by atoms with Crippen LogP contribution in [0.1, 0.15) is 46.5 Å². The fraction of sp³-hybridized carbons (Fsp3) is 0.846. The van der Waals surface area contributed by atoms with Gasteiger partial charge in [0.2, 0.25) is 0 Å². The summed E-state index contributed by atoms with van der Waals surface area (Å²) in [6.45, 7) is 5.94. The summed E-state index contributed by atoms with van der Waals surface area (Å²) in [7, 11) is 0. The molecule has 0 amide bonds. The van der Waals surface area contributed by atoms with E-state index in [0.29, 0.717) is 6.61 Å². The minimum absolute atomic E-state index is 0.0593. The zero-order chi connectivity index (χ0) is 12.1. The number of unbranched alkanes of at least 4 members (excludes halogenated alkanes) is 2. The van der Waals surface area contributed by atoms with Gasteiger partial charge in [-0.25, -0.2) is 0 Å². The van der Waals surface area contributed by atoms with Gasteiger partial charge in [-0.15, -0.1) is 0 Å². The van der Waals surface area contributed by atoms with Crippen molar-refractivity contribution >= 4 is 11.8 Å². The van der Waals surface area contributed by atoms with E-state index in [1.165, 1.54) is 12.8 Å². The number of ketones is 1. The highest BCUT2D eigenvalue weighted by molar-refractivity contribution is 5.90. The van der Waals surface area contributed by atoms with Crippen LogP contribution in [0, 0.1) is 17.8 Å². The zero-order valence-electron chi connectivity index (χ0n) is 10.5. The van der Waals surface area contributed by atoms with Crippen LogP contribution in [0.25, 0.3) is 0 Å². The number of ether oxygens (including phenoxy) is 1. The second-order valence-electron chi connectivity index (χ2n) is 4.57. The van der Waals surface area contributed by atoms with Gasteiger partial charge in [-0.05, 0) is 26.2 Å². The lowest BCUT2D eigenvalue weighted by Gasteiger charge is -2.00. The second kappa shape index (κ2) is 6.02. The quantitative estimate of drug-likeness (QED) is 0.495. The summed E-state index contributed by atoms with van der Waals surface area (Å²) in [6.07, 6.45) is 4.45. The van der Waals surface area contributed by atoms with Crippen LogP contribution in [0.4, 0.5) is 0 Å². The van der Waals surface area contributed by atoms with E-state index in [0.717, 1.165) is 12.8 Å². The Kier molecular flexibility index (Phi) is 4.97. The molecule has 0 heterocycles. The Morgan fingerprint density at radius 2 is 1.81 bits per heavy atom. The van der Waals surface area contributed by atoms with Crippen LogP contribution >= 0.6 is 0 Å². The Morgan fingerprint density at radius 3 is 2.31 bits per heavy atom. The van der Waals surface area contributed by atoms with E-state index in [9.17, 15) is 9.59 Å². The summed E-state index contributed by atoms with van der Waals surface area (Å²) < 4.78 is 4.99. The largest absolute Gasteiger partial charge is 0.466 e. The van der Waals surface area contributed by atoms with E-state index in [4.69, 9.17) is 4.74 Å². The molecule has 92 valence electrons. The first-order chi connectivity index (χ1) is 7.63. The van der Waals surface area contributed by atoms with E-state index < -0.39 is 0 Å². The Bertz CT molecular complexity index is 260. The molecule has 0 bridgehead atoms. The third kappa shape index (κ3) is 3.06. The maximum absolute atomic E-state index is 11.6. The average Bonchev–Trinajstić information content (AvgIpc) is 2.93. The predicted molar refractivity (Wildman–Crippen MR) is 61.9 cm³/mol. The number of carbonyl (C=O) groups excluding carboxylic acids is 2. The van der Waals surface area contributed by atoms with Gasteiger partial charge in [-0.2, -0.15) is 0 Å². The van der Waals surface area contributed by atoms with Crippen LogP contribution in [0.3, 0.4) is 0 Å². The first kappa shape index (κ1) is 13.2. The van der Waals surface area contributed by atoms with Crippen molar-refractivity contribution in [2.75, 3.05) is 6.61 Å². The van der Waals surface area contributed by atoms with E-state index in [1.807, 2.05) is 0 Å². The number of esters is 1. The Balaban J connectivity index is 2.43. The SMILES string of the molecule is CCCCC[C@@H]1[C@@H](C(=O)OCC)[C@H]1C(C)=O. The summed E-state index contributed by atoms with van der Waals surface area (Å²) in [5.41, 5.74) is 0. The van der Waals surface area contributed by atoms with Gasteiger partial charge in [0.15, 0.2) is 0 Å². The van der Waals surface area contributed by atoms with E-state index >= 15 is 0 Å². The molecule has 0 aromatic rings. The van der Waals surface area contributed by atoms with Crippen molar-refractivity contribution in [3.8, 4) is 0 Å². The van der Waals surface area contributed by atoms with E-state index in [-0.39, 0.29) is 29.5 Å². The van der Waals surface area contributed by atoms with Crippen LogP contribution in [-0.4, -0.2) is 18.4 Å². The van der Waals surface area contributed by atoms with Gasteiger partial charge in [0, 0.05) is 5.92 Å². The molecule has 0 radical (unpaired) electrons. The Morgan fingerprint density at radius 1 is 1.12 bits per heavy atom. The molecule has 3 atom stereocenters. The summed E-state index contributed by atoms with van der Waals surface area (Å²) in [5, 5.41) is 0. The number of carbonyl (C=O) groups is 2.